The van der Waals surface area contributed by atoms with E-state index in [2.05, 4.69) is 25.6 Å². The lowest BCUT2D eigenvalue weighted by Gasteiger charge is -2.16. The summed E-state index contributed by atoms with van der Waals surface area (Å²) in [7, 11) is 0. The number of nitrogen functional groups attached to an aromatic ring is 1. The number of anilines is 2. The third-order valence-electron chi connectivity index (χ3n) is 5.98. The second-order valence-corrected chi connectivity index (χ2v) is 8.82. The van der Waals surface area contributed by atoms with Crippen molar-refractivity contribution in [2.75, 3.05) is 11.1 Å². The molecule has 9 nitrogen and oxygen atoms in total. The zero-order valence-electron chi connectivity index (χ0n) is 21.2. The number of pyridine rings is 1. The summed E-state index contributed by atoms with van der Waals surface area (Å²) in [5, 5.41) is 20.9. The van der Waals surface area contributed by atoms with Crippen LogP contribution in [0.15, 0.2) is 60.9 Å². The van der Waals surface area contributed by atoms with E-state index in [1.807, 2.05) is 36.4 Å². The second-order valence-electron chi connectivity index (χ2n) is 8.82. The van der Waals surface area contributed by atoms with Gasteiger partial charge in [-0.3, -0.25) is 10.2 Å². The number of rotatable bonds is 8. The molecule has 1 atom stereocenters. The number of hydrogen-bond acceptors (Lipinski definition) is 7. The molecule has 0 aliphatic rings. The molecule has 11 heteroatoms. The molecular formula is C28H25F2N8O+. The first-order valence-electron chi connectivity index (χ1n) is 11.9. The molecule has 0 aliphatic heterocycles. The van der Waals surface area contributed by atoms with Gasteiger partial charge in [-0.2, -0.15) is 5.26 Å². The van der Waals surface area contributed by atoms with Gasteiger partial charge in [0.15, 0.2) is 34.6 Å². The van der Waals surface area contributed by atoms with Gasteiger partial charge < -0.3 is 16.4 Å². The first-order chi connectivity index (χ1) is 18.7. The van der Waals surface area contributed by atoms with Gasteiger partial charge in [-0.25, -0.2) is 23.7 Å². The number of halogens is 2. The minimum atomic E-state index is -1.02. The summed E-state index contributed by atoms with van der Waals surface area (Å²) in [6.45, 7) is 3.68. The van der Waals surface area contributed by atoms with Gasteiger partial charge in [-0.1, -0.05) is 30.3 Å². The standard InChI is InChI=1S/C28H24F2N8O/c1-15(32)22-9-20(13-34-26(22)33)18-5-3-17(4-6-18)12-35-27-25(38-21(11-31)14-36-27)28(39)37-16(2)19-7-8-23(29)24(30)10-19/h3-10,13-14,16,32H,12H2,1-2H3,(H2,33,34)(H,35,36)(H,37,39)/p+1. The number of carbonyl (C=O) groups is 1. The summed E-state index contributed by atoms with van der Waals surface area (Å²) >= 11 is 0. The van der Waals surface area contributed by atoms with Crippen molar-refractivity contribution >= 4 is 23.3 Å². The third-order valence-corrected chi connectivity index (χ3v) is 5.98. The Bertz CT molecular complexity index is 1600. The average molecular weight is 528 g/mol. The van der Waals surface area contributed by atoms with Crippen molar-refractivity contribution in [3.63, 3.8) is 0 Å². The molecule has 0 bridgehead atoms. The molecule has 39 heavy (non-hydrogen) atoms. The molecule has 0 aliphatic carbocycles. The van der Waals surface area contributed by atoms with E-state index >= 15 is 0 Å². The van der Waals surface area contributed by atoms with Gasteiger partial charge in [-0.05, 0) is 41.8 Å². The van der Waals surface area contributed by atoms with Crippen LogP contribution in [0, 0.1) is 23.0 Å². The maximum atomic E-state index is 13.6. The predicted octanol–water partition coefficient (Wildman–Crippen LogP) is 2.94. The number of benzene rings is 2. The van der Waals surface area contributed by atoms with Gasteiger partial charge in [0.05, 0.1) is 17.8 Å². The largest absolute Gasteiger partial charge is 0.383 e. The van der Waals surface area contributed by atoms with E-state index < -0.39 is 23.6 Å². The number of carbonyl (C=O) groups excluding carboxylic acids is 1. The monoisotopic (exact) mass is 527 g/mol. The van der Waals surface area contributed by atoms with Crippen LogP contribution in [-0.4, -0.2) is 26.6 Å². The van der Waals surface area contributed by atoms with Gasteiger partial charge in [0.2, 0.25) is 0 Å². The summed E-state index contributed by atoms with van der Waals surface area (Å²) in [5.74, 6) is -2.11. The molecule has 0 spiro atoms. The van der Waals surface area contributed by atoms with Crippen molar-refractivity contribution in [2.45, 2.75) is 26.4 Å². The fourth-order valence-corrected chi connectivity index (χ4v) is 3.81. The van der Waals surface area contributed by atoms with Crippen molar-refractivity contribution in [3.05, 3.63) is 101 Å². The third kappa shape index (κ3) is 6.19. The first kappa shape index (κ1) is 26.8. The fourth-order valence-electron chi connectivity index (χ4n) is 3.81. The van der Waals surface area contributed by atoms with Crippen molar-refractivity contribution in [1.29, 1.82) is 5.26 Å². The van der Waals surface area contributed by atoms with Gasteiger partial charge >= 0.3 is 0 Å². The number of nitrogens with zero attached hydrogens (tertiary/aromatic N) is 4. The van der Waals surface area contributed by atoms with Gasteiger partial charge in [0.25, 0.3) is 5.91 Å². The maximum Gasteiger partial charge on any atom is 0.274 e. The Kier molecular flexibility index (Phi) is 7.86. The van der Waals surface area contributed by atoms with Gasteiger partial charge in [0, 0.05) is 25.2 Å². The van der Waals surface area contributed by atoms with E-state index in [4.69, 9.17) is 11.1 Å². The van der Waals surface area contributed by atoms with Crippen molar-refractivity contribution in [1.82, 2.24) is 20.3 Å². The Morgan fingerprint density at radius 2 is 1.82 bits per heavy atom. The average Bonchev–Trinajstić information content (AvgIpc) is 2.93. The molecule has 4 rings (SSSR count). The van der Waals surface area contributed by atoms with E-state index in [0.717, 1.165) is 28.8 Å². The summed E-state index contributed by atoms with van der Waals surface area (Å²) in [6, 6.07) is 14.1. The van der Waals surface area contributed by atoms with E-state index in [1.54, 1.807) is 20.0 Å². The Balaban J connectivity index is 1.49. The Hall–Kier alpha value is -5.24. The van der Waals surface area contributed by atoms with Crippen LogP contribution >= 0.6 is 0 Å². The van der Waals surface area contributed by atoms with Crippen LogP contribution in [0.5, 0.6) is 0 Å². The van der Waals surface area contributed by atoms with E-state index in [0.29, 0.717) is 29.2 Å². The van der Waals surface area contributed by atoms with Gasteiger partial charge in [-0.15, -0.1) is 0 Å². The summed E-state index contributed by atoms with van der Waals surface area (Å²) in [4.78, 5) is 25.5. The lowest BCUT2D eigenvalue weighted by molar-refractivity contribution is -0.113. The second kappa shape index (κ2) is 11.4. The van der Waals surface area contributed by atoms with Crippen LogP contribution in [0.3, 0.4) is 0 Å². The molecule has 2 aromatic heterocycles. The number of nitrogens with one attached hydrogen (secondary N) is 2. The summed E-state index contributed by atoms with van der Waals surface area (Å²) in [6.07, 6.45) is 2.93. The summed E-state index contributed by atoms with van der Waals surface area (Å²) in [5.41, 5.74) is 10.0. The van der Waals surface area contributed by atoms with E-state index in [1.165, 1.54) is 12.3 Å². The van der Waals surface area contributed by atoms with Crippen molar-refractivity contribution in [3.8, 4) is 17.2 Å². The number of aromatic nitrogens is 3. The molecule has 0 fully saturated rings. The SMILES string of the molecule is CC(=[NH2+])c1cc(-c2ccc(CNc3ncc(C#N)nc3C(=O)NC(C)c3ccc(F)c(F)c3)cc2)cnc1N. The van der Waals surface area contributed by atoms with E-state index in [9.17, 15) is 18.8 Å². The van der Waals surface area contributed by atoms with E-state index in [-0.39, 0.29) is 17.2 Å². The van der Waals surface area contributed by atoms with Crippen LogP contribution in [0.1, 0.15) is 52.8 Å². The highest BCUT2D eigenvalue weighted by molar-refractivity contribution is 5.99. The highest BCUT2D eigenvalue weighted by Gasteiger charge is 2.20. The normalized spacial score (nSPS) is 11.4. The van der Waals surface area contributed by atoms with Crippen molar-refractivity contribution in [2.24, 2.45) is 0 Å². The molecule has 0 radical (unpaired) electrons. The zero-order chi connectivity index (χ0) is 28.1. The Labute approximate surface area is 223 Å². The highest BCUT2D eigenvalue weighted by atomic mass is 19.2. The smallest absolute Gasteiger partial charge is 0.274 e. The number of nitriles is 1. The molecule has 196 valence electrons. The first-order valence-corrected chi connectivity index (χ1v) is 11.9. The minimum Gasteiger partial charge on any atom is -0.383 e. The molecule has 1 amide bonds. The molecular weight excluding hydrogens is 502 g/mol. The summed E-state index contributed by atoms with van der Waals surface area (Å²) < 4.78 is 26.9. The molecule has 4 aromatic rings. The van der Waals surface area contributed by atoms with Crippen LogP contribution in [-0.2, 0) is 6.54 Å². The zero-order valence-corrected chi connectivity index (χ0v) is 21.2. The lowest BCUT2D eigenvalue weighted by atomic mass is 10.0. The maximum absolute atomic E-state index is 13.6. The predicted molar refractivity (Wildman–Crippen MR) is 142 cm³/mol. The quantitative estimate of drug-likeness (QED) is 0.257. The molecule has 6 N–H and O–H groups in total. The molecule has 2 heterocycles. The van der Waals surface area contributed by atoms with Crippen LogP contribution in [0.2, 0.25) is 0 Å². The number of hydrogen-bond donors (Lipinski definition) is 4. The number of amides is 1. The van der Waals surface area contributed by atoms with Crippen LogP contribution in [0.4, 0.5) is 20.4 Å². The lowest BCUT2D eigenvalue weighted by Crippen LogP contribution is -2.38. The van der Waals surface area contributed by atoms with Gasteiger partial charge in [0.1, 0.15) is 11.9 Å². The Morgan fingerprint density at radius 1 is 1.08 bits per heavy atom. The highest BCUT2D eigenvalue weighted by Crippen LogP contribution is 2.23. The molecule has 0 saturated carbocycles. The Morgan fingerprint density at radius 3 is 2.49 bits per heavy atom. The fraction of sp³-hybridized carbons (Fsp3) is 0.143. The molecule has 1 unspecified atom stereocenters. The number of nitrogens with two attached hydrogens (primary N) is 2. The topological polar surface area (TPSA) is 155 Å². The molecule has 2 aromatic carbocycles. The van der Waals surface area contributed by atoms with Crippen LogP contribution < -0.4 is 21.8 Å². The molecule has 0 saturated heterocycles. The minimum absolute atomic E-state index is 0.0445. The van der Waals surface area contributed by atoms with Crippen molar-refractivity contribution < 1.29 is 19.0 Å². The van der Waals surface area contributed by atoms with Crippen LogP contribution in [0.25, 0.3) is 11.1 Å².